The third-order valence-electron chi connectivity index (χ3n) is 2.61. The van der Waals surface area contributed by atoms with E-state index >= 15 is 0 Å². The highest BCUT2D eigenvalue weighted by atomic mass is 14.1. The van der Waals surface area contributed by atoms with Crippen LogP contribution in [0, 0.1) is 5.92 Å². The Kier molecular flexibility index (Phi) is 4.72. The van der Waals surface area contributed by atoms with Gasteiger partial charge in [0.05, 0.1) is 0 Å². The Morgan fingerprint density at radius 2 is 2.00 bits per heavy atom. The molecule has 0 bridgehead atoms. The van der Waals surface area contributed by atoms with Crippen LogP contribution in [0.1, 0.15) is 46.5 Å². The first-order valence-corrected chi connectivity index (χ1v) is 5.83. The van der Waals surface area contributed by atoms with E-state index in [9.17, 15) is 0 Å². The fraction of sp³-hybridized carbons (Fsp3) is 0.571. The second kappa shape index (κ2) is 5.85. The molecule has 0 aromatic rings. The summed E-state index contributed by atoms with van der Waals surface area (Å²) in [5.74, 6) is 0.658. The van der Waals surface area contributed by atoms with Crippen LogP contribution in [0.5, 0.6) is 0 Å². The second-order valence-electron chi connectivity index (χ2n) is 4.19. The Labute approximate surface area is 88.4 Å². The van der Waals surface area contributed by atoms with Gasteiger partial charge in [0.15, 0.2) is 0 Å². The van der Waals surface area contributed by atoms with Gasteiger partial charge in [-0.3, -0.25) is 0 Å². The first kappa shape index (κ1) is 11.3. The predicted octanol–water partition coefficient (Wildman–Crippen LogP) is 4.65. The van der Waals surface area contributed by atoms with Gasteiger partial charge in [0, 0.05) is 0 Å². The van der Waals surface area contributed by atoms with Crippen molar-refractivity contribution in [2.24, 2.45) is 5.92 Å². The lowest BCUT2D eigenvalue weighted by Gasteiger charge is -2.04. The van der Waals surface area contributed by atoms with Crippen molar-refractivity contribution in [3.8, 4) is 0 Å². The number of rotatable bonds is 4. The Hall–Kier alpha value is -0.780. The SMILES string of the molecule is CCCC1=CC(C)=CC(CCC)C=C1. The average Bonchev–Trinajstić information content (AvgIpc) is 2.29. The summed E-state index contributed by atoms with van der Waals surface area (Å²) in [6, 6.07) is 0. The highest BCUT2D eigenvalue weighted by Crippen LogP contribution is 2.21. The van der Waals surface area contributed by atoms with Gasteiger partial charge in [0.2, 0.25) is 0 Å². The molecule has 0 heterocycles. The largest absolute Gasteiger partial charge is 0.0773 e. The van der Waals surface area contributed by atoms with Crippen molar-refractivity contribution in [1.29, 1.82) is 0 Å². The summed E-state index contributed by atoms with van der Waals surface area (Å²) in [5, 5.41) is 0. The Balaban J connectivity index is 2.69. The summed E-state index contributed by atoms with van der Waals surface area (Å²) >= 11 is 0. The van der Waals surface area contributed by atoms with Crippen LogP contribution >= 0.6 is 0 Å². The van der Waals surface area contributed by atoms with E-state index in [1.165, 1.54) is 36.8 Å². The van der Waals surface area contributed by atoms with Gasteiger partial charge < -0.3 is 0 Å². The molecule has 0 heteroatoms. The summed E-state index contributed by atoms with van der Waals surface area (Å²) in [6.07, 6.45) is 14.4. The Morgan fingerprint density at radius 1 is 1.21 bits per heavy atom. The summed E-state index contributed by atoms with van der Waals surface area (Å²) in [6.45, 7) is 6.70. The number of allylic oxidation sites excluding steroid dienone is 6. The van der Waals surface area contributed by atoms with Gasteiger partial charge >= 0.3 is 0 Å². The minimum atomic E-state index is 0.658. The molecule has 78 valence electrons. The van der Waals surface area contributed by atoms with Gasteiger partial charge in [-0.2, -0.15) is 0 Å². The van der Waals surface area contributed by atoms with E-state index in [4.69, 9.17) is 0 Å². The molecule has 14 heavy (non-hydrogen) atoms. The molecule has 1 rings (SSSR count). The highest BCUT2D eigenvalue weighted by Gasteiger charge is 2.04. The molecule has 1 unspecified atom stereocenters. The zero-order valence-corrected chi connectivity index (χ0v) is 9.72. The molecule has 0 N–H and O–H groups in total. The maximum Gasteiger partial charge on any atom is -0.00447 e. The number of hydrogen-bond donors (Lipinski definition) is 0. The molecule has 0 saturated carbocycles. The minimum absolute atomic E-state index is 0.658. The lowest BCUT2D eigenvalue weighted by atomic mass is 10.0. The molecule has 0 aliphatic heterocycles. The van der Waals surface area contributed by atoms with E-state index in [0.717, 1.165) is 0 Å². The molecular formula is C14H22. The molecule has 1 atom stereocenters. The monoisotopic (exact) mass is 190 g/mol. The number of hydrogen-bond acceptors (Lipinski definition) is 0. The third kappa shape index (κ3) is 3.53. The smallest absolute Gasteiger partial charge is 0.00447 e. The Morgan fingerprint density at radius 3 is 2.64 bits per heavy atom. The van der Waals surface area contributed by atoms with Gasteiger partial charge in [0.1, 0.15) is 0 Å². The van der Waals surface area contributed by atoms with Crippen LogP contribution in [0.4, 0.5) is 0 Å². The van der Waals surface area contributed by atoms with Crippen LogP contribution in [-0.4, -0.2) is 0 Å². The summed E-state index contributed by atoms with van der Waals surface area (Å²) in [4.78, 5) is 0. The maximum atomic E-state index is 2.39. The van der Waals surface area contributed by atoms with Gasteiger partial charge in [0.25, 0.3) is 0 Å². The van der Waals surface area contributed by atoms with E-state index in [-0.39, 0.29) is 0 Å². The molecule has 0 nitrogen and oxygen atoms in total. The first-order valence-electron chi connectivity index (χ1n) is 5.83. The molecule has 1 aliphatic carbocycles. The molecule has 0 aromatic carbocycles. The second-order valence-corrected chi connectivity index (χ2v) is 4.19. The van der Waals surface area contributed by atoms with Crippen molar-refractivity contribution in [3.63, 3.8) is 0 Å². The topological polar surface area (TPSA) is 0 Å². The van der Waals surface area contributed by atoms with Crippen LogP contribution in [0.15, 0.2) is 35.5 Å². The minimum Gasteiger partial charge on any atom is -0.0773 e. The molecule has 0 fully saturated rings. The fourth-order valence-electron chi connectivity index (χ4n) is 1.99. The van der Waals surface area contributed by atoms with Crippen molar-refractivity contribution in [2.45, 2.75) is 46.5 Å². The van der Waals surface area contributed by atoms with Crippen molar-refractivity contribution >= 4 is 0 Å². The maximum absolute atomic E-state index is 2.39. The quantitative estimate of drug-likeness (QED) is 0.605. The van der Waals surface area contributed by atoms with Crippen molar-refractivity contribution < 1.29 is 0 Å². The van der Waals surface area contributed by atoms with Crippen LogP contribution in [0.3, 0.4) is 0 Å². The zero-order chi connectivity index (χ0) is 10.4. The van der Waals surface area contributed by atoms with E-state index in [2.05, 4.69) is 45.1 Å². The molecule has 1 aliphatic rings. The lowest BCUT2D eigenvalue weighted by Crippen LogP contribution is -1.90. The summed E-state index contributed by atoms with van der Waals surface area (Å²) < 4.78 is 0. The van der Waals surface area contributed by atoms with Gasteiger partial charge in [-0.25, -0.2) is 0 Å². The van der Waals surface area contributed by atoms with E-state index in [1.807, 2.05) is 0 Å². The van der Waals surface area contributed by atoms with Crippen molar-refractivity contribution in [3.05, 3.63) is 35.5 Å². The standard InChI is InChI=1S/C14H22/c1-4-6-13-8-9-14(7-5-2)11-12(3)10-13/h8-11,13H,4-7H2,1-3H3. The molecule has 0 saturated heterocycles. The molecular weight excluding hydrogens is 168 g/mol. The van der Waals surface area contributed by atoms with E-state index in [1.54, 1.807) is 0 Å². The van der Waals surface area contributed by atoms with Gasteiger partial charge in [-0.1, -0.05) is 56.6 Å². The third-order valence-corrected chi connectivity index (χ3v) is 2.61. The van der Waals surface area contributed by atoms with Crippen molar-refractivity contribution in [1.82, 2.24) is 0 Å². The summed E-state index contributed by atoms with van der Waals surface area (Å²) in [5.41, 5.74) is 2.91. The molecule has 0 radical (unpaired) electrons. The lowest BCUT2D eigenvalue weighted by molar-refractivity contribution is 0.688. The molecule has 0 aromatic heterocycles. The Bertz CT molecular complexity index is 253. The van der Waals surface area contributed by atoms with Crippen LogP contribution in [-0.2, 0) is 0 Å². The average molecular weight is 190 g/mol. The van der Waals surface area contributed by atoms with Gasteiger partial charge in [-0.05, 0) is 31.3 Å². The van der Waals surface area contributed by atoms with Gasteiger partial charge in [-0.15, -0.1) is 0 Å². The molecule has 0 amide bonds. The van der Waals surface area contributed by atoms with Crippen LogP contribution in [0.2, 0.25) is 0 Å². The van der Waals surface area contributed by atoms with Crippen LogP contribution < -0.4 is 0 Å². The predicted molar refractivity (Wildman–Crippen MR) is 64.3 cm³/mol. The first-order chi connectivity index (χ1) is 6.76. The fourth-order valence-corrected chi connectivity index (χ4v) is 1.99. The zero-order valence-electron chi connectivity index (χ0n) is 9.72. The summed E-state index contributed by atoms with van der Waals surface area (Å²) in [7, 11) is 0. The molecule has 0 spiro atoms. The normalized spacial score (nSPS) is 21.5. The highest BCUT2D eigenvalue weighted by molar-refractivity contribution is 5.33. The van der Waals surface area contributed by atoms with Crippen LogP contribution in [0.25, 0.3) is 0 Å². The van der Waals surface area contributed by atoms with Crippen molar-refractivity contribution in [2.75, 3.05) is 0 Å². The van der Waals surface area contributed by atoms with E-state index < -0.39 is 0 Å². The van der Waals surface area contributed by atoms with E-state index in [0.29, 0.717) is 5.92 Å².